The predicted octanol–water partition coefficient (Wildman–Crippen LogP) is 2.30. The highest BCUT2D eigenvalue weighted by molar-refractivity contribution is 5.95. The molecule has 23 heavy (non-hydrogen) atoms. The number of carbonyl (C=O) groups excluding carboxylic acids is 2. The zero-order valence-corrected chi connectivity index (χ0v) is 13.9. The normalized spacial score (nSPS) is 16.7. The summed E-state index contributed by atoms with van der Waals surface area (Å²) >= 11 is 0. The summed E-state index contributed by atoms with van der Waals surface area (Å²) in [5, 5.41) is 2.80. The minimum Gasteiger partial charge on any atom is -0.323 e. The summed E-state index contributed by atoms with van der Waals surface area (Å²) in [5.74, 6) is 0.838. The van der Waals surface area contributed by atoms with Gasteiger partial charge >= 0.3 is 0 Å². The van der Waals surface area contributed by atoms with E-state index in [4.69, 9.17) is 5.73 Å². The lowest BCUT2D eigenvalue weighted by atomic mass is 9.85. The molecule has 1 atom stereocenters. The smallest absolute Gasteiger partial charge is 0.241 e. The first-order valence-electron chi connectivity index (χ1n) is 8.24. The Kier molecular flexibility index (Phi) is 6.10. The van der Waals surface area contributed by atoms with Crippen LogP contribution in [0.5, 0.6) is 0 Å². The van der Waals surface area contributed by atoms with Gasteiger partial charge < -0.3 is 16.0 Å². The van der Waals surface area contributed by atoms with E-state index in [1.54, 1.807) is 25.4 Å². The Labute approximate surface area is 137 Å². The maximum absolute atomic E-state index is 12.2. The second kappa shape index (κ2) is 8.06. The van der Waals surface area contributed by atoms with Crippen molar-refractivity contribution in [2.75, 3.05) is 17.3 Å². The molecular weight excluding hydrogens is 292 g/mol. The summed E-state index contributed by atoms with van der Waals surface area (Å²) < 4.78 is 0. The predicted molar refractivity (Wildman–Crippen MR) is 91.1 cm³/mol. The third kappa shape index (κ3) is 5.03. The fraction of sp³-hybridized carbons (Fsp3) is 0.588. The second-order valence-electron chi connectivity index (χ2n) is 6.32. The van der Waals surface area contributed by atoms with Gasteiger partial charge in [-0.25, -0.2) is 4.98 Å². The highest BCUT2D eigenvalue weighted by atomic mass is 16.2. The molecule has 0 saturated heterocycles. The zero-order chi connectivity index (χ0) is 16.8. The van der Waals surface area contributed by atoms with Crippen LogP contribution in [0, 0.1) is 5.92 Å². The van der Waals surface area contributed by atoms with Crippen LogP contribution in [0.1, 0.15) is 45.4 Å². The molecule has 1 fully saturated rings. The van der Waals surface area contributed by atoms with Crippen LogP contribution in [0.25, 0.3) is 0 Å². The number of carbonyl (C=O) groups is 2. The first kappa shape index (κ1) is 17.4. The van der Waals surface area contributed by atoms with Gasteiger partial charge in [-0.2, -0.15) is 0 Å². The van der Waals surface area contributed by atoms with Gasteiger partial charge in [0.15, 0.2) is 0 Å². The Balaban J connectivity index is 1.87. The largest absolute Gasteiger partial charge is 0.323 e. The lowest BCUT2D eigenvalue weighted by Gasteiger charge is -2.24. The molecule has 0 bridgehead atoms. The molecule has 126 valence electrons. The molecular formula is C17H26N4O2. The van der Waals surface area contributed by atoms with Crippen molar-refractivity contribution < 1.29 is 9.59 Å². The number of nitrogens with two attached hydrogens (primary N) is 1. The molecule has 1 aliphatic carbocycles. The van der Waals surface area contributed by atoms with E-state index in [1.165, 1.54) is 43.9 Å². The molecule has 1 aromatic rings. The molecule has 2 rings (SSSR count). The minimum absolute atomic E-state index is 0.0937. The molecule has 1 aliphatic rings. The fourth-order valence-corrected chi connectivity index (χ4v) is 2.94. The number of anilines is 2. The minimum atomic E-state index is -0.488. The first-order valence-corrected chi connectivity index (χ1v) is 8.24. The number of hydrogen-bond acceptors (Lipinski definition) is 4. The quantitative estimate of drug-likeness (QED) is 0.872. The van der Waals surface area contributed by atoms with Crippen LogP contribution in [-0.4, -0.2) is 29.9 Å². The number of aromatic nitrogens is 1. The summed E-state index contributed by atoms with van der Waals surface area (Å²) in [6.45, 7) is 1.47. The number of pyridine rings is 1. The van der Waals surface area contributed by atoms with Gasteiger partial charge in [-0.15, -0.1) is 0 Å². The van der Waals surface area contributed by atoms with Gasteiger partial charge in [0.25, 0.3) is 0 Å². The van der Waals surface area contributed by atoms with Crippen LogP contribution in [-0.2, 0) is 9.59 Å². The summed E-state index contributed by atoms with van der Waals surface area (Å²) in [5.41, 5.74) is 6.62. The van der Waals surface area contributed by atoms with Gasteiger partial charge in [-0.3, -0.25) is 9.59 Å². The van der Waals surface area contributed by atoms with Crippen LogP contribution in [0.15, 0.2) is 18.3 Å². The average molecular weight is 318 g/mol. The van der Waals surface area contributed by atoms with Gasteiger partial charge in [0.1, 0.15) is 5.82 Å². The van der Waals surface area contributed by atoms with Crippen molar-refractivity contribution in [1.29, 1.82) is 0 Å². The van der Waals surface area contributed by atoms with Crippen molar-refractivity contribution in [2.24, 2.45) is 11.7 Å². The molecule has 6 heteroatoms. The molecule has 2 amide bonds. The molecule has 1 aromatic heterocycles. The Bertz CT molecular complexity index is 538. The maximum atomic E-state index is 12.2. The average Bonchev–Trinajstić information content (AvgIpc) is 2.55. The van der Waals surface area contributed by atoms with Crippen molar-refractivity contribution in [2.45, 2.75) is 51.5 Å². The van der Waals surface area contributed by atoms with E-state index in [-0.39, 0.29) is 11.8 Å². The van der Waals surface area contributed by atoms with Crippen LogP contribution in [0.4, 0.5) is 11.5 Å². The molecule has 0 unspecified atom stereocenters. The van der Waals surface area contributed by atoms with Crippen LogP contribution >= 0.6 is 0 Å². The van der Waals surface area contributed by atoms with E-state index in [0.717, 1.165) is 6.42 Å². The maximum Gasteiger partial charge on any atom is 0.241 e. The molecule has 6 nitrogen and oxygen atoms in total. The number of amides is 2. The molecule has 3 N–H and O–H groups in total. The first-order chi connectivity index (χ1) is 11.0. The van der Waals surface area contributed by atoms with Gasteiger partial charge in [0, 0.05) is 14.0 Å². The van der Waals surface area contributed by atoms with Crippen LogP contribution in [0.2, 0.25) is 0 Å². The van der Waals surface area contributed by atoms with Crippen molar-refractivity contribution >= 4 is 23.3 Å². The van der Waals surface area contributed by atoms with Crippen molar-refractivity contribution in [1.82, 2.24) is 4.98 Å². The van der Waals surface area contributed by atoms with Gasteiger partial charge in [0.2, 0.25) is 11.8 Å². The standard InChI is InChI=1S/C17H26N4O2/c1-12(22)21(2)16-9-8-14(11-19-16)20-17(23)15(18)10-13-6-4-3-5-7-13/h8-9,11,13,15H,3-7,10,18H2,1-2H3,(H,20,23)/t15-/m0/s1. The molecule has 1 saturated carbocycles. The van der Waals surface area contributed by atoms with Gasteiger partial charge in [-0.1, -0.05) is 32.1 Å². The monoisotopic (exact) mass is 318 g/mol. The highest BCUT2D eigenvalue weighted by Gasteiger charge is 2.21. The zero-order valence-electron chi connectivity index (χ0n) is 13.9. The van der Waals surface area contributed by atoms with Crippen LogP contribution in [0.3, 0.4) is 0 Å². The number of hydrogen-bond donors (Lipinski definition) is 2. The van der Waals surface area contributed by atoms with E-state index in [1.807, 2.05) is 0 Å². The SMILES string of the molecule is CC(=O)N(C)c1ccc(NC(=O)[C@@H](N)CC2CCCCC2)cn1. The summed E-state index contributed by atoms with van der Waals surface area (Å²) in [6, 6.07) is 2.94. The van der Waals surface area contributed by atoms with E-state index in [9.17, 15) is 9.59 Å². The third-order valence-electron chi connectivity index (χ3n) is 4.48. The van der Waals surface area contributed by atoms with E-state index >= 15 is 0 Å². The van der Waals surface area contributed by atoms with Crippen LogP contribution < -0.4 is 16.0 Å². The van der Waals surface area contributed by atoms with E-state index < -0.39 is 6.04 Å². The van der Waals surface area contributed by atoms with Crippen molar-refractivity contribution in [3.63, 3.8) is 0 Å². The van der Waals surface area contributed by atoms with Gasteiger partial charge in [0.05, 0.1) is 17.9 Å². The molecule has 0 aliphatic heterocycles. The Morgan fingerprint density at radius 3 is 2.61 bits per heavy atom. The molecule has 1 heterocycles. The summed E-state index contributed by atoms with van der Waals surface area (Å²) in [4.78, 5) is 29.1. The van der Waals surface area contributed by atoms with Crippen molar-refractivity contribution in [3.05, 3.63) is 18.3 Å². The van der Waals surface area contributed by atoms with E-state index in [2.05, 4.69) is 10.3 Å². The number of rotatable bonds is 5. The number of nitrogens with one attached hydrogen (secondary N) is 1. The molecule has 0 spiro atoms. The topological polar surface area (TPSA) is 88.3 Å². The number of nitrogens with zero attached hydrogens (tertiary/aromatic N) is 2. The Morgan fingerprint density at radius 2 is 2.04 bits per heavy atom. The molecule has 0 aromatic carbocycles. The summed E-state index contributed by atoms with van der Waals surface area (Å²) in [6.07, 6.45) is 8.42. The molecule has 0 radical (unpaired) electrons. The second-order valence-corrected chi connectivity index (χ2v) is 6.32. The van der Waals surface area contributed by atoms with E-state index in [0.29, 0.717) is 17.4 Å². The Morgan fingerprint density at radius 1 is 1.35 bits per heavy atom. The van der Waals surface area contributed by atoms with Gasteiger partial charge in [-0.05, 0) is 24.5 Å². The Hall–Kier alpha value is -1.95. The highest BCUT2D eigenvalue weighted by Crippen LogP contribution is 2.27. The summed E-state index contributed by atoms with van der Waals surface area (Å²) in [7, 11) is 1.66. The third-order valence-corrected chi connectivity index (χ3v) is 4.48. The lowest BCUT2D eigenvalue weighted by Crippen LogP contribution is -2.37. The van der Waals surface area contributed by atoms with Crippen molar-refractivity contribution in [3.8, 4) is 0 Å². The lowest BCUT2D eigenvalue weighted by molar-refractivity contribution is -0.118. The fourth-order valence-electron chi connectivity index (χ4n) is 2.94.